The number of benzene rings is 1. The SMILES string of the molecule is O=C(c1ccccc1[N+](=O)[O-])P(=O)(O)O. The van der Waals surface area contributed by atoms with E-state index < -0.39 is 29.3 Å². The molecular formula is C7H6NO6P. The molecule has 8 heteroatoms. The first-order valence-corrected chi connectivity index (χ1v) is 5.29. The molecule has 0 aliphatic rings. The lowest BCUT2D eigenvalue weighted by Gasteiger charge is -2.02. The average Bonchev–Trinajstić information content (AvgIpc) is 2.15. The lowest BCUT2D eigenvalue weighted by molar-refractivity contribution is -0.385. The Morgan fingerprint density at radius 2 is 1.87 bits per heavy atom. The third kappa shape index (κ3) is 2.47. The second kappa shape index (κ2) is 3.90. The molecule has 0 fully saturated rings. The van der Waals surface area contributed by atoms with Gasteiger partial charge in [-0.3, -0.25) is 19.5 Å². The number of hydrogen-bond acceptors (Lipinski definition) is 4. The Bertz CT molecular complexity index is 464. The van der Waals surface area contributed by atoms with Crippen molar-refractivity contribution < 1.29 is 24.1 Å². The Balaban J connectivity index is 3.32. The van der Waals surface area contributed by atoms with Crippen LogP contribution in [-0.4, -0.2) is 20.2 Å². The third-order valence-corrected chi connectivity index (χ3v) is 2.37. The fraction of sp³-hybridized carbons (Fsp3) is 0. The molecule has 0 heterocycles. The van der Waals surface area contributed by atoms with Gasteiger partial charge in [-0.05, 0) is 6.07 Å². The van der Waals surface area contributed by atoms with Gasteiger partial charge in [0.2, 0.25) is 0 Å². The molecule has 15 heavy (non-hydrogen) atoms. The fourth-order valence-electron chi connectivity index (χ4n) is 0.971. The van der Waals surface area contributed by atoms with Crippen molar-refractivity contribution in [2.24, 2.45) is 0 Å². The molecule has 0 bridgehead atoms. The molecule has 7 nitrogen and oxygen atoms in total. The van der Waals surface area contributed by atoms with Crippen LogP contribution in [0.2, 0.25) is 0 Å². The van der Waals surface area contributed by atoms with Crippen molar-refractivity contribution >= 4 is 18.8 Å². The Morgan fingerprint density at radius 3 is 2.33 bits per heavy atom. The van der Waals surface area contributed by atoms with Gasteiger partial charge in [-0.25, -0.2) is 0 Å². The summed E-state index contributed by atoms with van der Waals surface area (Å²) in [5.41, 5.74) is -2.75. The summed E-state index contributed by atoms with van der Waals surface area (Å²) in [6.45, 7) is 0. The molecule has 0 aromatic heterocycles. The van der Waals surface area contributed by atoms with Gasteiger partial charge in [0.15, 0.2) is 0 Å². The minimum Gasteiger partial charge on any atom is -0.319 e. The normalized spacial score (nSPS) is 11.1. The van der Waals surface area contributed by atoms with Crippen LogP contribution in [0.4, 0.5) is 5.69 Å². The molecule has 1 aromatic rings. The molecule has 0 saturated carbocycles. The second-order valence-corrected chi connectivity index (χ2v) is 4.12. The largest absolute Gasteiger partial charge is 0.396 e. The number of rotatable bonds is 3. The molecule has 1 aromatic carbocycles. The van der Waals surface area contributed by atoms with Crippen LogP contribution in [0.1, 0.15) is 10.4 Å². The summed E-state index contributed by atoms with van der Waals surface area (Å²) < 4.78 is 10.6. The van der Waals surface area contributed by atoms with E-state index in [1.165, 1.54) is 12.1 Å². The lowest BCUT2D eigenvalue weighted by atomic mass is 10.2. The van der Waals surface area contributed by atoms with Crippen LogP contribution in [0, 0.1) is 10.1 Å². The van der Waals surface area contributed by atoms with Crippen LogP contribution in [0.15, 0.2) is 24.3 Å². The number of carbonyl (C=O) groups excluding carboxylic acids is 1. The van der Waals surface area contributed by atoms with E-state index in [0.29, 0.717) is 0 Å². The summed E-state index contributed by atoms with van der Waals surface area (Å²) in [4.78, 5) is 37.9. The molecule has 0 aliphatic heterocycles. The Labute approximate surface area is 83.7 Å². The second-order valence-electron chi connectivity index (χ2n) is 2.62. The van der Waals surface area contributed by atoms with E-state index in [0.717, 1.165) is 12.1 Å². The molecule has 0 radical (unpaired) electrons. The standard InChI is InChI=1S/C7H6NO6P/c9-7(15(12,13)14)5-3-1-2-4-6(5)8(10)11/h1-4H,(H2,12,13,14). The highest BCUT2D eigenvalue weighted by Crippen LogP contribution is 2.41. The molecule has 1 rings (SSSR count). The highest BCUT2D eigenvalue weighted by molar-refractivity contribution is 7.70. The summed E-state index contributed by atoms with van der Waals surface area (Å²) in [5.74, 6) is 0. The van der Waals surface area contributed by atoms with Crippen molar-refractivity contribution in [1.29, 1.82) is 0 Å². The number of nitro groups is 1. The van der Waals surface area contributed by atoms with Crippen molar-refractivity contribution in [2.45, 2.75) is 0 Å². The number of hydrogen-bond donors (Lipinski definition) is 2. The minimum absolute atomic E-state index is 0.587. The van der Waals surface area contributed by atoms with Gasteiger partial charge in [-0.2, -0.15) is 0 Å². The van der Waals surface area contributed by atoms with Crippen LogP contribution in [0.3, 0.4) is 0 Å². The first-order chi connectivity index (χ1) is 6.84. The van der Waals surface area contributed by atoms with E-state index in [4.69, 9.17) is 9.79 Å². The zero-order valence-electron chi connectivity index (χ0n) is 7.23. The van der Waals surface area contributed by atoms with E-state index >= 15 is 0 Å². The fourth-order valence-corrected chi connectivity index (χ4v) is 1.47. The maximum atomic E-state index is 11.1. The van der Waals surface area contributed by atoms with Crippen LogP contribution in [0.25, 0.3) is 0 Å². The average molecular weight is 231 g/mol. The van der Waals surface area contributed by atoms with Gasteiger partial charge in [0.25, 0.3) is 11.2 Å². The van der Waals surface area contributed by atoms with Crippen LogP contribution in [-0.2, 0) is 4.57 Å². The van der Waals surface area contributed by atoms with Gasteiger partial charge in [-0.1, -0.05) is 12.1 Å². The van der Waals surface area contributed by atoms with E-state index in [2.05, 4.69) is 0 Å². The monoisotopic (exact) mass is 231 g/mol. The number of para-hydroxylation sites is 1. The molecule has 0 unspecified atom stereocenters. The Morgan fingerprint density at radius 1 is 1.33 bits per heavy atom. The molecule has 0 saturated heterocycles. The predicted molar refractivity (Wildman–Crippen MR) is 49.5 cm³/mol. The summed E-state index contributed by atoms with van der Waals surface area (Å²) in [5, 5.41) is 10.5. The van der Waals surface area contributed by atoms with Crippen molar-refractivity contribution in [3.05, 3.63) is 39.9 Å². The van der Waals surface area contributed by atoms with Gasteiger partial charge < -0.3 is 9.79 Å². The van der Waals surface area contributed by atoms with E-state index in [1.54, 1.807) is 0 Å². The summed E-state index contributed by atoms with van der Waals surface area (Å²) in [7, 11) is -4.99. The number of nitrogens with zero attached hydrogens (tertiary/aromatic N) is 1. The quantitative estimate of drug-likeness (QED) is 0.453. The molecule has 0 atom stereocenters. The molecule has 0 spiro atoms. The van der Waals surface area contributed by atoms with Gasteiger partial charge in [0, 0.05) is 6.07 Å². The Hall–Kier alpha value is -1.56. The van der Waals surface area contributed by atoms with Crippen LogP contribution >= 0.6 is 7.60 Å². The summed E-state index contributed by atoms with van der Waals surface area (Å²) in [6.07, 6.45) is 0. The van der Waals surface area contributed by atoms with Gasteiger partial charge in [0.1, 0.15) is 5.56 Å². The van der Waals surface area contributed by atoms with Crippen molar-refractivity contribution in [3.8, 4) is 0 Å². The van der Waals surface area contributed by atoms with Crippen LogP contribution < -0.4 is 0 Å². The van der Waals surface area contributed by atoms with Crippen molar-refractivity contribution in [3.63, 3.8) is 0 Å². The van der Waals surface area contributed by atoms with E-state index in [9.17, 15) is 19.5 Å². The lowest BCUT2D eigenvalue weighted by Crippen LogP contribution is -2.04. The highest BCUT2D eigenvalue weighted by atomic mass is 31.2. The highest BCUT2D eigenvalue weighted by Gasteiger charge is 2.32. The number of carbonyl (C=O) groups is 1. The third-order valence-electron chi connectivity index (χ3n) is 1.60. The summed E-state index contributed by atoms with van der Waals surface area (Å²) in [6, 6.07) is 4.59. The zero-order valence-corrected chi connectivity index (χ0v) is 8.13. The molecule has 0 amide bonds. The van der Waals surface area contributed by atoms with Gasteiger partial charge in [-0.15, -0.1) is 0 Å². The molecule has 80 valence electrons. The topological polar surface area (TPSA) is 118 Å². The Kier molecular flexibility index (Phi) is 2.99. The maximum absolute atomic E-state index is 11.1. The first-order valence-electron chi connectivity index (χ1n) is 3.68. The van der Waals surface area contributed by atoms with Gasteiger partial charge >= 0.3 is 7.60 Å². The molecule has 0 aliphatic carbocycles. The predicted octanol–water partition coefficient (Wildman–Crippen LogP) is 0.913. The summed E-state index contributed by atoms with van der Waals surface area (Å²) >= 11 is 0. The molecule has 2 N–H and O–H groups in total. The minimum atomic E-state index is -4.99. The van der Waals surface area contributed by atoms with E-state index in [1.807, 2.05) is 0 Å². The first kappa shape index (κ1) is 11.5. The maximum Gasteiger partial charge on any atom is 0.396 e. The van der Waals surface area contributed by atoms with Gasteiger partial charge in [0.05, 0.1) is 4.92 Å². The van der Waals surface area contributed by atoms with Crippen molar-refractivity contribution in [2.75, 3.05) is 0 Å². The van der Waals surface area contributed by atoms with E-state index in [-0.39, 0.29) is 0 Å². The molecular weight excluding hydrogens is 225 g/mol. The van der Waals surface area contributed by atoms with Crippen LogP contribution in [0.5, 0.6) is 0 Å². The van der Waals surface area contributed by atoms with Crippen molar-refractivity contribution in [1.82, 2.24) is 0 Å². The number of nitro benzene ring substituents is 1. The smallest absolute Gasteiger partial charge is 0.319 e. The zero-order chi connectivity index (χ0) is 11.6.